The van der Waals surface area contributed by atoms with Gasteiger partial charge in [-0.05, 0) is 20.9 Å². The van der Waals surface area contributed by atoms with Gasteiger partial charge in [-0.1, -0.05) is 0 Å². The van der Waals surface area contributed by atoms with Crippen molar-refractivity contribution in [1.82, 2.24) is 46.8 Å². The lowest BCUT2D eigenvalue weighted by Crippen LogP contribution is -2.17. The van der Waals surface area contributed by atoms with E-state index in [0.717, 1.165) is 9.58 Å². The maximum absolute atomic E-state index is 5.32. The maximum atomic E-state index is 5.32. The Balaban J connectivity index is 0.000000845. The first-order chi connectivity index (χ1) is 5.79. The summed E-state index contributed by atoms with van der Waals surface area (Å²) < 4.78 is 0. The minimum Gasteiger partial charge on any atom is -0.344 e. The van der Waals surface area contributed by atoms with E-state index in [1.807, 2.05) is 0 Å². The molecule has 70 valence electrons. The van der Waals surface area contributed by atoms with Crippen LogP contribution in [0.2, 0.25) is 0 Å². The molecular formula is C2H7N11. The van der Waals surface area contributed by atoms with Crippen molar-refractivity contribution in [3.05, 3.63) is 0 Å². The Hall–Kier alpha value is -2.30. The number of hydrogen-bond donors (Lipinski definition) is 3. The van der Waals surface area contributed by atoms with Crippen molar-refractivity contribution in [1.29, 1.82) is 0 Å². The van der Waals surface area contributed by atoms with E-state index in [1.54, 1.807) is 0 Å². The van der Waals surface area contributed by atoms with Gasteiger partial charge in [0.15, 0.2) is 0 Å². The zero-order chi connectivity index (χ0) is 8.55. The minimum atomic E-state index is 0. The molecule has 13 heavy (non-hydrogen) atoms. The third-order valence-electron chi connectivity index (χ3n) is 1.19. The van der Waals surface area contributed by atoms with Crippen molar-refractivity contribution >= 4 is 0 Å². The Morgan fingerprint density at radius 2 is 1.23 bits per heavy atom. The predicted octanol–water partition coefficient (Wildman–Crippen LogP) is -3.08. The SMILES string of the molecule is N.Nn1nnnc1-c1nnnn1N. The van der Waals surface area contributed by atoms with Gasteiger partial charge in [-0.15, -0.1) is 19.8 Å². The summed E-state index contributed by atoms with van der Waals surface area (Å²) in [5.41, 5.74) is 0. The van der Waals surface area contributed by atoms with Crippen LogP contribution in [0.4, 0.5) is 0 Å². The number of rotatable bonds is 1. The van der Waals surface area contributed by atoms with Gasteiger partial charge >= 0.3 is 0 Å². The number of hydrogen-bond acceptors (Lipinski definition) is 9. The van der Waals surface area contributed by atoms with Crippen molar-refractivity contribution in [3.63, 3.8) is 0 Å². The fraction of sp³-hybridized carbons (Fsp3) is 0. The molecule has 0 bridgehead atoms. The largest absolute Gasteiger partial charge is 0.344 e. The lowest BCUT2D eigenvalue weighted by Gasteiger charge is -1.93. The summed E-state index contributed by atoms with van der Waals surface area (Å²) in [6.45, 7) is 0. The fourth-order valence-corrected chi connectivity index (χ4v) is 0.682. The van der Waals surface area contributed by atoms with Crippen molar-refractivity contribution in [2.45, 2.75) is 0 Å². The summed E-state index contributed by atoms with van der Waals surface area (Å²) in [5, 5.41) is 20.5. The molecule has 2 aromatic heterocycles. The highest BCUT2D eigenvalue weighted by atomic mass is 15.7. The molecule has 0 aromatic carbocycles. The normalized spacial score (nSPS) is 9.54. The summed E-state index contributed by atoms with van der Waals surface area (Å²) >= 11 is 0. The van der Waals surface area contributed by atoms with Crippen LogP contribution in [-0.4, -0.2) is 40.6 Å². The molecule has 0 aliphatic rings. The molecule has 0 fully saturated rings. The second kappa shape index (κ2) is 2.98. The molecule has 11 nitrogen and oxygen atoms in total. The highest BCUT2D eigenvalue weighted by Gasteiger charge is 2.13. The first kappa shape index (κ1) is 8.79. The molecule has 2 rings (SSSR count). The van der Waals surface area contributed by atoms with E-state index in [-0.39, 0.29) is 17.8 Å². The van der Waals surface area contributed by atoms with Gasteiger partial charge in [0.1, 0.15) is 0 Å². The Labute approximate surface area is 71.2 Å². The second-order valence-electron chi connectivity index (χ2n) is 1.89. The fourth-order valence-electron chi connectivity index (χ4n) is 0.682. The van der Waals surface area contributed by atoms with Gasteiger partial charge in [0.2, 0.25) is 11.6 Å². The van der Waals surface area contributed by atoms with E-state index in [1.165, 1.54) is 0 Å². The van der Waals surface area contributed by atoms with E-state index in [4.69, 9.17) is 11.7 Å². The molecule has 2 heterocycles. The van der Waals surface area contributed by atoms with Gasteiger partial charge in [0.05, 0.1) is 0 Å². The maximum Gasteiger partial charge on any atom is 0.245 e. The summed E-state index contributed by atoms with van der Waals surface area (Å²) in [5.74, 6) is 11.0. The van der Waals surface area contributed by atoms with E-state index in [2.05, 4.69) is 31.1 Å². The smallest absolute Gasteiger partial charge is 0.245 e. The summed E-state index contributed by atoms with van der Waals surface area (Å²) in [7, 11) is 0. The molecule has 0 saturated carbocycles. The molecule has 0 aliphatic heterocycles. The third-order valence-corrected chi connectivity index (χ3v) is 1.19. The van der Waals surface area contributed by atoms with Crippen molar-refractivity contribution in [2.24, 2.45) is 0 Å². The van der Waals surface area contributed by atoms with Gasteiger partial charge in [0.25, 0.3) is 0 Å². The van der Waals surface area contributed by atoms with Crippen LogP contribution in [0, 0.1) is 0 Å². The number of aromatic nitrogens is 8. The number of tetrazole rings is 2. The molecule has 11 heteroatoms. The number of nitrogens with two attached hydrogens (primary N) is 2. The molecule has 2 aromatic rings. The van der Waals surface area contributed by atoms with Crippen LogP contribution < -0.4 is 17.8 Å². The van der Waals surface area contributed by atoms with Gasteiger partial charge in [-0.2, -0.15) is 0 Å². The van der Waals surface area contributed by atoms with E-state index >= 15 is 0 Å². The molecule has 0 unspecified atom stereocenters. The van der Waals surface area contributed by atoms with Crippen molar-refractivity contribution in [2.75, 3.05) is 11.7 Å². The Morgan fingerprint density at radius 3 is 1.46 bits per heavy atom. The number of nitrogens with zero attached hydrogens (tertiary/aromatic N) is 8. The van der Waals surface area contributed by atoms with Crippen LogP contribution in [0.1, 0.15) is 0 Å². The van der Waals surface area contributed by atoms with Crippen LogP contribution in [0.5, 0.6) is 0 Å². The van der Waals surface area contributed by atoms with E-state index in [9.17, 15) is 0 Å². The third kappa shape index (κ3) is 1.22. The minimum absolute atomic E-state index is 0. The highest BCUT2D eigenvalue weighted by Crippen LogP contribution is 2.04. The molecule has 0 atom stereocenters. The summed E-state index contributed by atoms with van der Waals surface area (Å²) in [6, 6.07) is 0. The van der Waals surface area contributed by atoms with Gasteiger partial charge in [0, 0.05) is 0 Å². The first-order valence-corrected chi connectivity index (χ1v) is 2.86. The lowest BCUT2D eigenvalue weighted by atomic mass is 10.6. The summed E-state index contributed by atoms with van der Waals surface area (Å²) in [4.78, 5) is 1.85. The van der Waals surface area contributed by atoms with Crippen LogP contribution >= 0.6 is 0 Å². The Bertz CT molecular complexity index is 344. The van der Waals surface area contributed by atoms with Crippen molar-refractivity contribution < 1.29 is 0 Å². The zero-order valence-corrected chi connectivity index (χ0v) is 6.44. The molecule has 0 amide bonds. The highest BCUT2D eigenvalue weighted by molar-refractivity contribution is 5.40. The predicted molar refractivity (Wildman–Crippen MR) is 40.0 cm³/mol. The molecule has 0 radical (unpaired) electrons. The van der Waals surface area contributed by atoms with Crippen molar-refractivity contribution in [3.8, 4) is 11.6 Å². The van der Waals surface area contributed by atoms with Crippen LogP contribution in [-0.2, 0) is 0 Å². The first-order valence-electron chi connectivity index (χ1n) is 2.86. The molecular weight excluding hydrogens is 178 g/mol. The average molecular weight is 185 g/mol. The van der Waals surface area contributed by atoms with Gasteiger partial charge in [-0.3, -0.25) is 0 Å². The lowest BCUT2D eigenvalue weighted by molar-refractivity contribution is 0.743. The second-order valence-corrected chi connectivity index (χ2v) is 1.89. The van der Waals surface area contributed by atoms with Crippen LogP contribution in [0.15, 0.2) is 0 Å². The topological polar surface area (TPSA) is 174 Å². The molecule has 0 saturated heterocycles. The zero-order valence-electron chi connectivity index (χ0n) is 6.44. The molecule has 7 N–H and O–H groups in total. The monoisotopic (exact) mass is 185 g/mol. The van der Waals surface area contributed by atoms with E-state index in [0.29, 0.717) is 0 Å². The quantitative estimate of drug-likeness (QED) is 0.389. The van der Waals surface area contributed by atoms with E-state index < -0.39 is 0 Å². The number of nitrogen functional groups attached to an aromatic ring is 2. The molecule has 0 aliphatic carbocycles. The van der Waals surface area contributed by atoms with Crippen LogP contribution in [0.25, 0.3) is 11.6 Å². The summed E-state index contributed by atoms with van der Waals surface area (Å²) in [6.07, 6.45) is 0. The Kier molecular flexibility index (Phi) is 2.01. The average Bonchev–Trinajstić information content (AvgIpc) is 2.59. The van der Waals surface area contributed by atoms with Crippen LogP contribution in [0.3, 0.4) is 0 Å². The Morgan fingerprint density at radius 1 is 0.846 bits per heavy atom. The van der Waals surface area contributed by atoms with Gasteiger partial charge < -0.3 is 17.8 Å². The standard InChI is InChI=1S/C2H4N10.H3N/c3-11-1(5-7-9-11)2-6-8-10-12(2)4;/h3-4H2;1H3. The molecule has 0 spiro atoms. The van der Waals surface area contributed by atoms with Gasteiger partial charge in [-0.25, -0.2) is 0 Å².